The number of nitro benzene ring substituents is 1. The molecule has 1 N–H and O–H groups in total. The molecule has 9 nitrogen and oxygen atoms in total. The summed E-state index contributed by atoms with van der Waals surface area (Å²) in [5.41, 5.74) is 2.38. The molecule has 2 aromatic carbocycles. The molecule has 4 aromatic rings. The molecule has 0 fully saturated rings. The summed E-state index contributed by atoms with van der Waals surface area (Å²) in [7, 11) is 0. The van der Waals surface area contributed by atoms with E-state index in [4.69, 9.17) is 20.8 Å². The molecule has 2 heterocycles. The zero-order valence-corrected chi connectivity index (χ0v) is 19.2. The number of aromatic nitrogens is 2. The number of nitro groups is 1. The Morgan fingerprint density at radius 3 is 2.74 bits per heavy atom. The zero-order chi connectivity index (χ0) is 24.2. The van der Waals surface area contributed by atoms with Crippen molar-refractivity contribution < 1.29 is 18.9 Å². The number of hydrogen-bond donors (Lipinski definition) is 1. The summed E-state index contributed by atoms with van der Waals surface area (Å²) in [6, 6.07) is 17.0. The van der Waals surface area contributed by atoms with E-state index in [1.54, 1.807) is 29.8 Å². The van der Waals surface area contributed by atoms with Gasteiger partial charge in [0.15, 0.2) is 17.3 Å². The summed E-state index contributed by atoms with van der Waals surface area (Å²) in [5, 5.41) is 19.0. The van der Waals surface area contributed by atoms with Crippen molar-refractivity contribution in [3.8, 4) is 5.75 Å². The Bertz CT molecular complexity index is 1360. The normalized spacial score (nSPS) is 10.8. The van der Waals surface area contributed by atoms with Gasteiger partial charge in [-0.2, -0.15) is 5.10 Å². The maximum Gasteiger partial charge on any atom is 0.311 e. The number of aryl methyl sites for hydroxylation is 2. The first-order valence-electron chi connectivity index (χ1n) is 10.4. The fourth-order valence-corrected chi connectivity index (χ4v) is 3.51. The van der Waals surface area contributed by atoms with Gasteiger partial charge in [0.05, 0.1) is 11.5 Å². The Hall–Kier alpha value is -4.11. The second-order valence-corrected chi connectivity index (χ2v) is 8.06. The maximum atomic E-state index is 12.6. The number of anilines is 1. The molecule has 0 bridgehead atoms. The molecule has 4 rings (SSSR count). The van der Waals surface area contributed by atoms with Crippen molar-refractivity contribution in [2.24, 2.45) is 0 Å². The molecule has 34 heavy (non-hydrogen) atoms. The summed E-state index contributed by atoms with van der Waals surface area (Å²) in [6.07, 6.45) is 0. The molecule has 0 saturated carbocycles. The predicted octanol–water partition coefficient (Wildman–Crippen LogP) is 5.53. The molecular weight excluding hydrogens is 460 g/mol. The fraction of sp³-hybridized carbons (Fsp3) is 0.167. The number of halogens is 1. The number of carbonyl (C=O) groups excluding carboxylic acids is 1. The molecule has 0 spiro atoms. The summed E-state index contributed by atoms with van der Waals surface area (Å²) >= 11 is 6.23. The number of nitrogens with zero attached hydrogens (tertiary/aromatic N) is 3. The maximum absolute atomic E-state index is 12.6. The van der Waals surface area contributed by atoms with Crippen LogP contribution in [0.25, 0.3) is 0 Å². The Labute approximate surface area is 200 Å². The van der Waals surface area contributed by atoms with Gasteiger partial charge in [0, 0.05) is 22.8 Å². The van der Waals surface area contributed by atoms with Gasteiger partial charge in [0.2, 0.25) is 0 Å². The molecule has 174 valence electrons. The van der Waals surface area contributed by atoms with Gasteiger partial charge in [0.1, 0.15) is 12.4 Å². The van der Waals surface area contributed by atoms with Crippen molar-refractivity contribution in [2.45, 2.75) is 27.0 Å². The van der Waals surface area contributed by atoms with E-state index >= 15 is 0 Å². The van der Waals surface area contributed by atoms with Crippen LogP contribution in [0.15, 0.2) is 65.1 Å². The van der Waals surface area contributed by atoms with Crippen molar-refractivity contribution >= 4 is 29.0 Å². The van der Waals surface area contributed by atoms with Crippen LogP contribution in [0.3, 0.4) is 0 Å². The van der Waals surface area contributed by atoms with Gasteiger partial charge >= 0.3 is 5.69 Å². The number of furan rings is 1. The van der Waals surface area contributed by atoms with Crippen LogP contribution in [0.4, 0.5) is 11.5 Å². The first-order chi connectivity index (χ1) is 16.3. The molecule has 0 aliphatic heterocycles. The van der Waals surface area contributed by atoms with E-state index in [1.807, 2.05) is 31.2 Å². The van der Waals surface area contributed by atoms with Gasteiger partial charge in [0.25, 0.3) is 5.91 Å². The molecule has 0 aliphatic carbocycles. The van der Waals surface area contributed by atoms with Crippen molar-refractivity contribution in [3.63, 3.8) is 0 Å². The number of hydrogen-bond acceptors (Lipinski definition) is 6. The number of nitrogens with one attached hydrogen (secondary N) is 1. The number of rotatable bonds is 8. The number of carbonyl (C=O) groups is 1. The number of ether oxygens (including phenoxy) is 1. The SMILES string of the molecule is Cc1ccc(OCc2ccc(C(=O)Nc3cc(C)n(Cc4ccccc4Cl)n3)o2)c([N+](=O)[O-])c1. The zero-order valence-electron chi connectivity index (χ0n) is 18.4. The average molecular weight is 481 g/mol. The van der Waals surface area contributed by atoms with Gasteiger partial charge in [-0.05, 0) is 49.2 Å². The highest BCUT2D eigenvalue weighted by atomic mass is 35.5. The molecule has 0 radical (unpaired) electrons. The van der Waals surface area contributed by atoms with Crippen LogP contribution >= 0.6 is 11.6 Å². The lowest BCUT2D eigenvalue weighted by Crippen LogP contribution is -2.12. The minimum atomic E-state index is -0.504. The average Bonchev–Trinajstić information content (AvgIpc) is 3.41. The topological polar surface area (TPSA) is 112 Å². The second-order valence-electron chi connectivity index (χ2n) is 7.66. The first-order valence-corrected chi connectivity index (χ1v) is 10.7. The molecule has 0 aliphatic rings. The van der Waals surface area contributed by atoms with Crippen LogP contribution in [-0.4, -0.2) is 20.6 Å². The van der Waals surface area contributed by atoms with E-state index in [2.05, 4.69) is 10.4 Å². The van der Waals surface area contributed by atoms with E-state index in [-0.39, 0.29) is 23.8 Å². The van der Waals surface area contributed by atoms with Gasteiger partial charge in [-0.1, -0.05) is 35.9 Å². The highest BCUT2D eigenvalue weighted by Gasteiger charge is 2.18. The first kappa shape index (κ1) is 23.1. The van der Waals surface area contributed by atoms with E-state index in [0.29, 0.717) is 23.1 Å². The Morgan fingerprint density at radius 1 is 1.18 bits per heavy atom. The lowest BCUT2D eigenvalue weighted by atomic mass is 10.2. The van der Waals surface area contributed by atoms with Gasteiger partial charge in [-0.15, -0.1) is 0 Å². The fourth-order valence-electron chi connectivity index (χ4n) is 3.32. The third-order valence-electron chi connectivity index (χ3n) is 5.07. The van der Waals surface area contributed by atoms with Crippen LogP contribution in [-0.2, 0) is 13.2 Å². The summed E-state index contributed by atoms with van der Waals surface area (Å²) in [6.45, 7) is 4.04. The monoisotopic (exact) mass is 480 g/mol. The van der Waals surface area contributed by atoms with E-state index in [1.165, 1.54) is 18.2 Å². The van der Waals surface area contributed by atoms with Crippen LogP contribution in [0.5, 0.6) is 5.75 Å². The Kier molecular flexibility index (Phi) is 6.65. The Balaban J connectivity index is 1.40. The molecular formula is C24H21ClN4O5. The molecule has 10 heteroatoms. The molecule has 1 amide bonds. The molecule has 0 atom stereocenters. The summed E-state index contributed by atoms with van der Waals surface area (Å²) in [4.78, 5) is 23.3. The third-order valence-corrected chi connectivity index (χ3v) is 5.44. The quantitative estimate of drug-likeness (QED) is 0.262. The highest BCUT2D eigenvalue weighted by molar-refractivity contribution is 6.31. The van der Waals surface area contributed by atoms with E-state index in [0.717, 1.165) is 16.8 Å². The molecule has 0 unspecified atom stereocenters. The smallest absolute Gasteiger partial charge is 0.311 e. The highest BCUT2D eigenvalue weighted by Crippen LogP contribution is 2.28. The second kappa shape index (κ2) is 9.80. The van der Waals surface area contributed by atoms with Gasteiger partial charge < -0.3 is 14.5 Å². The molecule has 2 aromatic heterocycles. The summed E-state index contributed by atoms with van der Waals surface area (Å²) in [5.74, 6) is 0.433. The lowest BCUT2D eigenvalue weighted by molar-refractivity contribution is -0.386. The Morgan fingerprint density at radius 2 is 1.97 bits per heavy atom. The largest absolute Gasteiger partial charge is 0.479 e. The van der Waals surface area contributed by atoms with Crippen molar-refractivity contribution in [1.82, 2.24) is 9.78 Å². The van der Waals surface area contributed by atoms with Gasteiger partial charge in [-0.25, -0.2) is 0 Å². The number of benzene rings is 2. The van der Waals surface area contributed by atoms with Crippen molar-refractivity contribution in [2.75, 3.05) is 5.32 Å². The number of amides is 1. The van der Waals surface area contributed by atoms with Crippen LogP contribution in [0.2, 0.25) is 5.02 Å². The van der Waals surface area contributed by atoms with Crippen LogP contribution in [0.1, 0.15) is 33.1 Å². The predicted molar refractivity (Wildman–Crippen MR) is 126 cm³/mol. The van der Waals surface area contributed by atoms with Crippen molar-refractivity contribution in [3.05, 3.63) is 104 Å². The van der Waals surface area contributed by atoms with Gasteiger partial charge in [-0.3, -0.25) is 19.6 Å². The van der Waals surface area contributed by atoms with Crippen LogP contribution in [0, 0.1) is 24.0 Å². The lowest BCUT2D eigenvalue weighted by Gasteiger charge is -2.06. The molecule has 0 saturated heterocycles. The standard InChI is InChI=1S/C24H21ClN4O5/c1-15-7-9-21(20(11-15)29(31)32)33-14-18-8-10-22(34-18)24(30)26-23-12-16(2)28(27-23)13-17-5-3-4-6-19(17)25/h3-12H,13-14H2,1-2H3,(H,26,27,30). The minimum Gasteiger partial charge on any atom is -0.479 e. The van der Waals surface area contributed by atoms with Crippen molar-refractivity contribution in [1.29, 1.82) is 0 Å². The minimum absolute atomic E-state index is 0.0651. The third kappa shape index (κ3) is 5.26. The van der Waals surface area contributed by atoms with E-state index in [9.17, 15) is 14.9 Å². The van der Waals surface area contributed by atoms with E-state index < -0.39 is 10.8 Å². The van der Waals surface area contributed by atoms with Crippen LogP contribution < -0.4 is 10.1 Å². The summed E-state index contributed by atoms with van der Waals surface area (Å²) < 4.78 is 12.8.